The van der Waals surface area contributed by atoms with Crippen molar-refractivity contribution in [3.63, 3.8) is 0 Å². The largest absolute Gasteiger partial charge is 0.373 e. The molecule has 0 spiro atoms. The fourth-order valence-corrected chi connectivity index (χ4v) is 1.12. The van der Waals surface area contributed by atoms with E-state index in [1.54, 1.807) is 13.0 Å². The van der Waals surface area contributed by atoms with Crippen LogP contribution >= 0.6 is 0 Å². The fraction of sp³-hybridized carbons (Fsp3) is 0.700. The second-order valence-corrected chi connectivity index (χ2v) is 3.25. The van der Waals surface area contributed by atoms with E-state index < -0.39 is 0 Å². The molecule has 1 aliphatic heterocycles. The van der Waals surface area contributed by atoms with Crippen molar-refractivity contribution < 1.29 is 9.53 Å². The third-order valence-corrected chi connectivity index (χ3v) is 1.90. The molecule has 68 valence electrons. The summed E-state index contributed by atoms with van der Waals surface area (Å²) in [6.45, 7) is 2.54. The summed E-state index contributed by atoms with van der Waals surface area (Å²) in [5.74, 6) is 0.139. The number of rotatable bonds is 6. The molecule has 12 heavy (non-hydrogen) atoms. The van der Waals surface area contributed by atoms with Crippen LogP contribution in [-0.2, 0) is 9.53 Å². The lowest BCUT2D eigenvalue weighted by molar-refractivity contribution is -0.112. The van der Waals surface area contributed by atoms with Crippen molar-refractivity contribution in [3.05, 3.63) is 12.2 Å². The maximum atomic E-state index is 10.5. The summed E-state index contributed by atoms with van der Waals surface area (Å²) in [5, 5.41) is 0. The zero-order valence-electron chi connectivity index (χ0n) is 7.58. The van der Waals surface area contributed by atoms with Gasteiger partial charge in [0.1, 0.15) is 0 Å². The first-order chi connectivity index (χ1) is 5.79. The van der Waals surface area contributed by atoms with Crippen molar-refractivity contribution in [2.75, 3.05) is 6.61 Å². The maximum Gasteiger partial charge on any atom is 0.152 e. The number of hydrogen-bond donors (Lipinski definition) is 0. The standard InChI is InChI=1S/C10H16O2/c1-9(11)6-4-2-3-5-7-10-8-12-10/h4,6,10H,2-3,5,7-8H2,1H3/b6-4+. The lowest BCUT2D eigenvalue weighted by atomic mass is 10.1. The van der Waals surface area contributed by atoms with Gasteiger partial charge >= 0.3 is 0 Å². The number of carbonyl (C=O) groups excluding carboxylic acids is 1. The number of unbranched alkanes of at least 4 members (excludes halogenated alkanes) is 2. The Hall–Kier alpha value is -0.630. The topological polar surface area (TPSA) is 29.6 Å². The molecule has 0 bridgehead atoms. The quantitative estimate of drug-likeness (QED) is 0.345. The van der Waals surface area contributed by atoms with E-state index in [-0.39, 0.29) is 5.78 Å². The predicted octanol–water partition coefficient (Wildman–Crippen LogP) is 2.09. The Bertz CT molecular complexity index is 169. The summed E-state index contributed by atoms with van der Waals surface area (Å²) in [4.78, 5) is 10.5. The smallest absolute Gasteiger partial charge is 0.152 e. The Morgan fingerprint density at radius 1 is 1.58 bits per heavy atom. The Morgan fingerprint density at radius 3 is 2.92 bits per heavy atom. The van der Waals surface area contributed by atoms with Crippen LogP contribution in [-0.4, -0.2) is 18.5 Å². The van der Waals surface area contributed by atoms with E-state index in [0.29, 0.717) is 6.10 Å². The molecule has 2 heteroatoms. The molecule has 1 heterocycles. The highest BCUT2D eigenvalue weighted by Gasteiger charge is 2.20. The molecule has 1 fully saturated rings. The first kappa shape index (κ1) is 9.46. The molecule has 1 aliphatic rings. The molecular formula is C10H16O2. The van der Waals surface area contributed by atoms with E-state index in [9.17, 15) is 4.79 Å². The van der Waals surface area contributed by atoms with Crippen LogP contribution < -0.4 is 0 Å². The second kappa shape index (κ2) is 5.09. The molecule has 0 N–H and O–H groups in total. The summed E-state index contributed by atoms with van der Waals surface area (Å²) in [6, 6.07) is 0. The third-order valence-electron chi connectivity index (χ3n) is 1.90. The first-order valence-corrected chi connectivity index (χ1v) is 4.58. The van der Waals surface area contributed by atoms with Gasteiger partial charge in [-0.15, -0.1) is 0 Å². The summed E-state index contributed by atoms with van der Waals surface area (Å²) in [5.41, 5.74) is 0. The van der Waals surface area contributed by atoms with Crippen LogP contribution in [0.15, 0.2) is 12.2 Å². The van der Waals surface area contributed by atoms with Gasteiger partial charge in [-0.25, -0.2) is 0 Å². The highest BCUT2D eigenvalue weighted by atomic mass is 16.6. The van der Waals surface area contributed by atoms with Crippen LogP contribution in [0.4, 0.5) is 0 Å². The summed E-state index contributed by atoms with van der Waals surface area (Å²) in [7, 11) is 0. The van der Waals surface area contributed by atoms with Gasteiger partial charge in [0.2, 0.25) is 0 Å². The zero-order valence-corrected chi connectivity index (χ0v) is 7.58. The van der Waals surface area contributed by atoms with Gasteiger partial charge in [0.05, 0.1) is 12.7 Å². The van der Waals surface area contributed by atoms with Gasteiger partial charge in [0.25, 0.3) is 0 Å². The molecule has 0 radical (unpaired) electrons. The Kier molecular flexibility index (Phi) is 4.01. The normalized spacial score (nSPS) is 21.6. The molecule has 1 atom stereocenters. The number of allylic oxidation sites excluding steroid dienone is 2. The predicted molar refractivity (Wildman–Crippen MR) is 48.0 cm³/mol. The number of ketones is 1. The lowest BCUT2D eigenvalue weighted by Gasteiger charge is -1.92. The molecule has 0 amide bonds. The van der Waals surface area contributed by atoms with E-state index in [2.05, 4.69) is 0 Å². The number of hydrogen-bond acceptors (Lipinski definition) is 2. The first-order valence-electron chi connectivity index (χ1n) is 4.58. The monoisotopic (exact) mass is 168 g/mol. The van der Waals surface area contributed by atoms with E-state index in [1.165, 1.54) is 19.3 Å². The van der Waals surface area contributed by atoms with E-state index in [4.69, 9.17) is 4.74 Å². The van der Waals surface area contributed by atoms with Crippen molar-refractivity contribution in [3.8, 4) is 0 Å². The van der Waals surface area contributed by atoms with Crippen LogP contribution in [0.5, 0.6) is 0 Å². The van der Waals surface area contributed by atoms with E-state index >= 15 is 0 Å². The van der Waals surface area contributed by atoms with Crippen LogP contribution in [0, 0.1) is 0 Å². The van der Waals surface area contributed by atoms with Crippen LogP contribution in [0.1, 0.15) is 32.6 Å². The second-order valence-electron chi connectivity index (χ2n) is 3.25. The highest BCUT2D eigenvalue weighted by molar-refractivity contribution is 5.87. The maximum absolute atomic E-state index is 10.5. The molecule has 2 nitrogen and oxygen atoms in total. The van der Waals surface area contributed by atoms with Gasteiger partial charge in [-0.3, -0.25) is 4.79 Å². The van der Waals surface area contributed by atoms with Crippen molar-refractivity contribution in [2.45, 2.75) is 38.7 Å². The van der Waals surface area contributed by atoms with E-state index in [0.717, 1.165) is 13.0 Å². The molecule has 0 aromatic heterocycles. The molecule has 0 aliphatic carbocycles. The fourth-order valence-electron chi connectivity index (χ4n) is 1.12. The Labute approximate surface area is 73.6 Å². The van der Waals surface area contributed by atoms with E-state index in [1.807, 2.05) is 6.08 Å². The Morgan fingerprint density at radius 2 is 2.33 bits per heavy atom. The average molecular weight is 168 g/mol. The van der Waals surface area contributed by atoms with Crippen LogP contribution in [0.2, 0.25) is 0 Å². The molecule has 1 unspecified atom stereocenters. The zero-order chi connectivity index (χ0) is 8.81. The minimum Gasteiger partial charge on any atom is -0.373 e. The van der Waals surface area contributed by atoms with Crippen molar-refractivity contribution in [2.24, 2.45) is 0 Å². The van der Waals surface area contributed by atoms with Crippen molar-refractivity contribution >= 4 is 5.78 Å². The summed E-state index contributed by atoms with van der Waals surface area (Å²) in [6.07, 6.45) is 8.75. The van der Waals surface area contributed by atoms with Crippen molar-refractivity contribution in [1.82, 2.24) is 0 Å². The molecule has 0 saturated carbocycles. The van der Waals surface area contributed by atoms with Gasteiger partial charge < -0.3 is 4.74 Å². The van der Waals surface area contributed by atoms with Gasteiger partial charge in [-0.2, -0.15) is 0 Å². The van der Waals surface area contributed by atoms with Gasteiger partial charge in [-0.05, 0) is 32.3 Å². The lowest BCUT2D eigenvalue weighted by Crippen LogP contribution is -1.85. The molecular weight excluding hydrogens is 152 g/mol. The molecule has 0 aromatic rings. The van der Waals surface area contributed by atoms with Gasteiger partial charge in [0.15, 0.2) is 5.78 Å². The number of carbonyl (C=O) groups is 1. The molecule has 1 saturated heterocycles. The molecule has 1 rings (SSSR count). The SMILES string of the molecule is CC(=O)/C=C/CCCCC1CO1. The number of ether oxygens (including phenoxy) is 1. The van der Waals surface area contributed by atoms with Crippen LogP contribution in [0.3, 0.4) is 0 Å². The summed E-state index contributed by atoms with van der Waals surface area (Å²) < 4.78 is 5.08. The van der Waals surface area contributed by atoms with Crippen LogP contribution in [0.25, 0.3) is 0 Å². The Balaban J connectivity index is 1.84. The van der Waals surface area contributed by atoms with Crippen molar-refractivity contribution in [1.29, 1.82) is 0 Å². The highest BCUT2D eigenvalue weighted by Crippen LogP contribution is 2.16. The average Bonchev–Trinajstić information content (AvgIpc) is 2.79. The molecule has 0 aromatic carbocycles. The number of epoxide rings is 1. The minimum absolute atomic E-state index is 0.139. The third kappa shape index (κ3) is 5.08. The van der Waals surface area contributed by atoms with Gasteiger partial charge in [-0.1, -0.05) is 12.5 Å². The minimum atomic E-state index is 0.139. The van der Waals surface area contributed by atoms with Gasteiger partial charge in [0, 0.05) is 0 Å². The summed E-state index contributed by atoms with van der Waals surface area (Å²) >= 11 is 0.